The molecule has 6 heteroatoms. The predicted molar refractivity (Wildman–Crippen MR) is 122 cm³/mol. The zero-order valence-corrected chi connectivity index (χ0v) is 18.2. The number of nitrogens with one attached hydrogen (secondary N) is 1. The van der Waals surface area contributed by atoms with Gasteiger partial charge in [-0.05, 0) is 40.8 Å². The third kappa shape index (κ3) is 4.27. The van der Waals surface area contributed by atoms with E-state index in [4.69, 9.17) is 14.2 Å². The summed E-state index contributed by atoms with van der Waals surface area (Å²) in [6.07, 6.45) is 0.155. The first-order chi connectivity index (χ1) is 16.2. The van der Waals surface area contributed by atoms with Gasteiger partial charge in [-0.25, -0.2) is 9.59 Å². The molecule has 0 aromatic heterocycles. The summed E-state index contributed by atoms with van der Waals surface area (Å²) in [7, 11) is 0. The molecular weight excluding hydrogens is 418 g/mol. The summed E-state index contributed by atoms with van der Waals surface area (Å²) in [5.74, 6) is -0.874. The van der Waals surface area contributed by atoms with Gasteiger partial charge in [-0.1, -0.05) is 78.9 Å². The molecule has 5 rings (SSSR count). The summed E-state index contributed by atoms with van der Waals surface area (Å²) in [6.45, 7) is 0.924. The lowest BCUT2D eigenvalue weighted by Crippen LogP contribution is -2.51. The topological polar surface area (TPSA) is 73.9 Å². The lowest BCUT2D eigenvalue weighted by molar-refractivity contribution is -0.173. The summed E-state index contributed by atoms with van der Waals surface area (Å²) in [4.78, 5) is 25.3. The fraction of sp³-hybridized carbons (Fsp3) is 0.259. The van der Waals surface area contributed by atoms with Crippen LogP contribution in [0.2, 0.25) is 0 Å². The number of fused-ring (bicyclic) bond motifs is 3. The van der Waals surface area contributed by atoms with E-state index in [0.717, 1.165) is 34.2 Å². The maximum absolute atomic E-state index is 12.9. The largest absolute Gasteiger partial charge is 0.516 e. The number of rotatable bonds is 6. The zero-order chi connectivity index (χ0) is 22.7. The van der Waals surface area contributed by atoms with Crippen molar-refractivity contribution in [2.24, 2.45) is 0 Å². The SMILES string of the molecule is O=C(OCC1c2ccccc2-c2ccccc21)OC(=O)[C@@]1(OCc2ccccc2)CCCN1. The highest BCUT2D eigenvalue weighted by Gasteiger charge is 2.45. The Labute approximate surface area is 192 Å². The molecule has 1 heterocycles. The van der Waals surface area contributed by atoms with Crippen LogP contribution in [-0.4, -0.2) is 31.0 Å². The lowest BCUT2D eigenvalue weighted by atomic mass is 9.98. The van der Waals surface area contributed by atoms with E-state index >= 15 is 0 Å². The van der Waals surface area contributed by atoms with Crippen LogP contribution in [0.5, 0.6) is 0 Å². The molecule has 0 radical (unpaired) electrons. The Morgan fingerprint density at radius 2 is 1.52 bits per heavy atom. The van der Waals surface area contributed by atoms with Crippen molar-refractivity contribution in [1.29, 1.82) is 0 Å². The Bertz CT molecular complexity index is 1110. The molecule has 33 heavy (non-hydrogen) atoms. The van der Waals surface area contributed by atoms with E-state index < -0.39 is 17.8 Å². The molecule has 0 bridgehead atoms. The number of ether oxygens (including phenoxy) is 3. The number of benzene rings is 3. The van der Waals surface area contributed by atoms with Gasteiger partial charge in [-0.3, -0.25) is 5.32 Å². The number of carbonyl (C=O) groups excluding carboxylic acids is 2. The van der Waals surface area contributed by atoms with E-state index in [1.165, 1.54) is 0 Å². The minimum absolute atomic E-state index is 0.0887. The van der Waals surface area contributed by atoms with Crippen LogP contribution in [0, 0.1) is 0 Å². The summed E-state index contributed by atoms with van der Waals surface area (Å²) in [5, 5.41) is 3.06. The van der Waals surface area contributed by atoms with Crippen LogP contribution in [0.1, 0.15) is 35.4 Å². The van der Waals surface area contributed by atoms with E-state index in [0.29, 0.717) is 13.0 Å². The van der Waals surface area contributed by atoms with Gasteiger partial charge >= 0.3 is 12.1 Å². The second-order valence-electron chi connectivity index (χ2n) is 8.31. The third-order valence-corrected chi connectivity index (χ3v) is 6.28. The van der Waals surface area contributed by atoms with Gasteiger partial charge in [0.15, 0.2) is 0 Å². The molecule has 1 atom stereocenters. The van der Waals surface area contributed by atoms with Crippen LogP contribution >= 0.6 is 0 Å². The second-order valence-corrected chi connectivity index (χ2v) is 8.31. The molecule has 0 amide bonds. The predicted octanol–water partition coefficient (Wildman–Crippen LogP) is 4.78. The van der Waals surface area contributed by atoms with E-state index in [9.17, 15) is 9.59 Å². The molecule has 0 saturated carbocycles. The van der Waals surface area contributed by atoms with Crippen molar-refractivity contribution in [3.05, 3.63) is 95.6 Å². The molecule has 1 N–H and O–H groups in total. The smallest absolute Gasteiger partial charge is 0.433 e. The molecule has 1 saturated heterocycles. The molecule has 1 fully saturated rings. The number of carbonyl (C=O) groups is 2. The molecular formula is C27H25NO5. The molecule has 1 aliphatic heterocycles. The highest BCUT2D eigenvalue weighted by Crippen LogP contribution is 2.44. The van der Waals surface area contributed by atoms with Crippen LogP contribution in [0.25, 0.3) is 11.1 Å². The Balaban J connectivity index is 1.23. The Hall–Kier alpha value is -3.48. The summed E-state index contributed by atoms with van der Waals surface area (Å²) >= 11 is 0. The number of esters is 1. The van der Waals surface area contributed by atoms with E-state index in [1.807, 2.05) is 66.7 Å². The molecule has 0 spiro atoms. The van der Waals surface area contributed by atoms with Crippen LogP contribution in [0.15, 0.2) is 78.9 Å². The molecule has 168 valence electrons. The minimum atomic E-state index is -1.35. The van der Waals surface area contributed by atoms with Gasteiger partial charge < -0.3 is 14.2 Å². The molecule has 1 aliphatic carbocycles. The first-order valence-corrected chi connectivity index (χ1v) is 11.2. The van der Waals surface area contributed by atoms with Crippen LogP contribution in [-0.2, 0) is 25.6 Å². The molecule has 3 aromatic carbocycles. The standard InChI is InChI=1S/C27H25NO5/c29-25(27(15-8-16-28-27)32-17-19-9-2-1-3-10-19)33-26(30)31-18-24-22-13-6-4-11-20(22)21-12-5-7-14-23(21)24/h1-7,9-14,24,28H,8,15-18H2/t27-/m0/s1. The van der Waals surface area contributed by atoms with Crippen molar-refractivity contribution < 1.29 is 23.8 Å². The quantitative estimate of drug-likeness (QED) is 0.437. The minimum Gasteiger partial charge on any atom is -0.433 e. The van der Waals surface area contributed by atoms with E-state index in [1.54, 1.807) is 0 Å². The van der Waals surface area contributed by atoms with Gasteiger partial charge in [0.05, 0.1) is 6.61 Å². The molecule has 0 unspecified atom stereocenters. The van der Waals surface area contributed by atoms with Gasteiger partial charge in [0, 0.05) is 12.3 Å². The summed E-state index contributed by atoms with van der Waals surface area (Å²) in [6, 6.07) is 25.7. The zero-order valence-electron chi connectivity index (χ0n) is 18.2. The average Bonchev–Trinajstić information content (AvgIpc) is 3.46. The number of hydrogen-bond acceptors (Lipinski definition) is 6. The van der Waals surface area contributed by atoms with E-state index in [-0.39, 0.29) is 19.1 Å². The molecule has 6 nitrogen and oxygen atoms in total. The van der Waals surface area contributed by atoms with Gasteiger partial charge in [-0.15, -0.1) is 0 Å². The molecule has 2 aliphatic rings. The van der Waals surface area contributed by atoms with Gasteiger partial charge in [0.25, 0.3) is 0 Å². The van der Waals surface area contributed by atoms with Crippen LogP contribution < -0.4 is 5.32 Å². The van der Waals surface area contributed by atoms with Crippen molar-refractivity contribution in [3.8, 4) is 11.1 Å². The summed E-state index contributed by atoms with van der Waals surface area (Å²) < 4.78 is 16.4. The van der Waals surface area contributed by atoms with Crippen molar-refractivity contribution in [1.82, 2.24) is 5.32 Å². The van der Waals surface area contributed by atoms with E-state index in [2.05, 4.69) is 17.4 Å². The highest BCUT2D eigenvalue weighted by molar-refractivity contribution is 5.88. The van der Waals surface area contributed by atoms with Crippen molar-refractivity contribution in [2.45, 2.75) is 31.1 Å². The van der Waals surface area contributed by atoms with Crippen molar-refractivity contribution in [3.63, 3.8) is 0 Å². The second kappa shape index (κ2) is 9.17. The molecule has 3 aromatic rings. The van der Waals surface area contributed by atoms with Crippen LogP contribution in [0.3, 0.4) is 0 Å². The van der Waals surface area contributed by atoms with Gasteiger partial charge in [0.2, 0.25) is 5.72 Å². The fourth-order valence-electron chi connectivity index (χ4n) is 4.63. The van der Waals surface area contributed by atoms with Gasteiger partial charge in [-0.2, -0.15) is 0 Å². The fourth-order valence-corrected chi connectivity index (χ4v) is 4.63. The highest BCUT2D eigenvalue weighted by atomic mass is 16.7. The average molecular weight is 443 g/mol. The monoisotopic (exact) mass is 443 g/mol. The maximum Gasteiger partial charge on any atom is 0.516 e. The maximum atomic E-state index is 12.9. The van der Waals surface area contributed by atoms with Gasteiger partial charge in [0.1, 0.15) is 6.61 Å². The normalized spacial score (nSPS) is 19.0. The third-order valence-electron chi connectivity index (χ3n) is 6.28. The Morgan fingerprint density at radius 3 is 2.15 bits per heavy atom. The van der Waals surface area contributed by atoms with Crippen molar-refractivity contribution in [2.75, 3.05) is 13.2 Å². The Kier molecular flexibility index (Phi) is 5.94. The Morgan fingerprint density at radius 1 is 0.879 bits per heavy atom. The number of hydrogen-bond donors (Lipinski definition) is 1. The van der Waals surface area contributed by atoms with Crippen LogP contribution in [0.4, 0.5) is 4.79 Å². The summed E-state index contributed by atoms with van der Waals surface area (Å²) in [5.41, 5.74) is 4.04. The van der Waals surface area contributed by atoms with Crippen molar-refractivity contribution >= 4 is 12.1 Å². The first kappa shape index (κ1) is 21.4. The lowest BCUT2D eigenvalue weighted by Gasteiger charge is -2.26. The first-order valence-electron chi connectivity index (χ1n) is 11.2.